The first kappa shape index (κ1) is 26.0. The quantitative estimate of drug-likeness (QED) is 0.385. The molecule has 1 heterocycles. The zero-order valence-corrected chi connectivity index (χ0v) is 21.8. The summed E-state index contributed by atoms with van der Waals surface area (Å²) in [4.78, 5) is 17.4. The lowest BCUT2D eigenvalue weighted by Crippen LogP contribution is -2.48. The van der Waals surface area contributed by atoms with Crippen molar-refractivity contribution in [2.75, 3.05) is 50.1 Å². The molecule has 3 aromatic carbocycles. The third-order valence-electron chi connectivity index (χ3n) is 5.67. The summed E-state index contributed by atoms with van der Waals surface area (Å²) in [5, 5.41) is 3.54. The van der Waals surface area contributed by atoms with Gasteiger partial charge in [-0.15, -0.1) is 0 Å². The van der Waals surface area contributed by atoms with Crippen LogP contribution < -0.4 is 19.7 Å². The molecule has 6 nitrogen and oxygen atoms in total. The normalized spacial score (nSPS) is 13.3. The van der Waals surface area contributed by atoms with Crippen LogP contribution in [0.15, 0.2) is 60.7 Å². The fourth-order valence-electron chi connectivity index (χ4n) is 3.89. The number of amides is 1. The van der Waals surface area contributed by atoms with Gasteiger partial charge in [-0.3, -0.25) is 4.79 Å². The first-order valence-corrected chi connectivity index (χ1v) is 12.4. The maximum Gasteiger partial charge on any atom is 0.262 e. The van der Waals surface area contributed by atoms with Crippen LogP contribution in [0.1, 0.15) is 5.56 Å². The minimum atomic E-state index is -0.367. The van der Waals surface area contributed by atoms with Gasteiger partial charge < -0.3 is 24.6 Å². The van der Waals surface area contributed by atoms with Crippen molar-refractivity contribution < 1.29 is 18.7 Å². The number of rotatable bonds is 7. The zero-order valence-electron chi connectivity index (χ0n) is 19.5. The van der Waals surface area contributed by atoms with E-state index in [1.54, 1.807) is 42.5 Å². The van der Waals surface area contributed by atoms with Crippen LogP contribution in [0.4, 0.5) is 15.8 Å². The van der Waals surface area contributed by atoms with E-state index in [1.165, 1.54) is 19.2 Å². The lowest BCUT2D eigenvalue weighted by atomic mass is 10.1. The molecule has 0 radical (unpaired) electrons. The van der Waals surface area contributed by atoms with Crippen molar-refractivity contribution in [1.82, 2.24) is 4.90 Å². The summed E-state index contributed by atoms with van der Waals surface area (Å²) < 4.78 is 24.4. The highest BCUT2D eigenvalue weighted by molar-refractivity contribution is 7.80. The van der Waals surface area contributed by atoms with Crippen molar-refractivity contribution in [3.05, 3.63) is 82.1 Å². The minimum Gasteiger partial charge on any atom is -0.493 e. The van der Waals surface area contributed by atoms with E-state index in [9.17, 15) is 9.18 Å². The highest BCUT2D eigenvalue weighted by Gasteiger charge is 2.21. The standard InChI is InChI=1S/C26H24Cl2FN3O3S/c1-34-24-12-17(26(36)32-10-8-31(9-11-32)22-5-3-20(29)4-6-22)2-7-23(24)35-16-25(33)30-21-14-18(27)13-19(28)15-21/h2-7,12-15H,8-11,16H2,1H3,(H,30,33). The fraction of sp³-hybridized carbons (Fsp3) is 0.231. The molecule has 4 rings (SSSR count). The molecule has 1 aliphatic rings. The summed E-state index contributed by atoms with van der Waals surface area (Å²) in [6, 6.07) is 16.7. The minimum absolute atomic E-state index is 0.227. The maximum atomic E-state index is 13.2. The molecule has 0 bridgehead atoms. The Hall–Kier alpha value is -3.07. The smallest absolute Gasteiger partial charge is 0.262 e. The second-order valence-electron chi connectivity index (χ2n) is 8.12. The summed E-state index contributed by atoms with van der Waals surface area (Å²) in [6.07, 6.45) is 0. The number of methoxy groups -OCH3 is 1. The van der Waals surface area contributed by atoms with Crippen LogP contribution >= 0.6 is 35.4 Å². The number of hydrogen-bond donors (Lipinski definition) is 1. The molecule has 1 aliphatic heterocycles. The number of ether oxygens (including phenoxy) is 2. The molecular weight excluding hydrogens is 524 g/mol. The lowest BCUT2D eigenvalue weighted by molar-refractivity contribution is -0.118. The van der Waals surface area contributed by atoms with E-state index in [0.717, 1.165) is 37.4 Å². The van der Waals surface area contributed by atoms with E-state index in [0.29, 0.717) is 32.2 Å². The number of nitrogens with one attached hydrogen (secondary N) is 1. The molecule has 1 saturated heterocycles. The number of hydrogen-bond acceptors (Lipinski definition) is 5. The molecule has 188 valence electrons. The molecule has 0 atom stereocenters. The molecule has 0 spiro atoms. The Morgan fingerprint density at radius 3 is 2.28 bits per heavy atom. The largest absolute Gasteiger partial charge is 0.493 e. The van der Waals surface area contributed by atoms with Crippen LogP contribution in [0.3, 0.4) is 0 Å². The Balaban J connectivity index is 1.34. The SMILES string of the molecule is COc1cc(C(=S)N2CCN(c3ccc(F)cc3)CC2)ccc1OCC(=O)Nc1cc(Cl)cc(Cl)c1. The highest BCUT2D eigenvalue weighted by atomic mass is 35.5. The first-order chi connectivity index (χ1) is 17.3. The van der Waals surface area contributed by atoms with Crippen molar-refractivity contribution in [3.63, 3.8) is 0 Å². The van der Waals surface area contributed by atoms with Crippen LogP contribution in [-0.4, -0.2) is 55.7 Å². The molecule has 1 amide bonds. The third-order valence-corrected chi connectivity index (χ3v) is 6.60. The van der Waals surface area contributed by atoms with Crippen LogP contribution in [-0.2, 0) is 4.79 Å². The highest BCUT2D eigenvalue weighted by Crippen LogP contribution is 2.29. The Bertz CT molecular complexity index is 1230. The number of benzene rings is 3. The molecule has 10 heteroatoms. The average Bonchev–Trinajstić information content (AvgIpc) is 2.87. The molecule has 0 unspecified atom stereocenters. The summed E-state index contributed by atoms with van der Waals surface area (Å²) in [5.41, 5.74) is 2.29. The molecule has 36 heavy (non-hydrogen) atoms. The second-order valence-corrected chi connectivity index (χ2v) is 9.38. The molecule has 0 saturated carbocycles. The van der Waals surface area contributed by atoms with Gasteiger partial charge in [0, 0.05) is 53.2 Å². The second kappa shape index (κ2) is 11.8. The predicted octanol–water partition coefficient (Wildman–Crippen LogP) is 5.66. The summed E-state index contributed by atoms with van der Waals surface area (Å²) in [5.74, 6) is 0.281. The van der Waals surface area contributed by atoms with Crippen LogP contribution in [0.25, 0.3) is 0 Å². The summed E-state index contributed by atoms with van der Waals surface area (Å²) in [7, 11) is 1.53. The molecule has 1 fully saturated rings. The van der Waals surface area contributed by atoms with Gasteiger partial charge in [0.2, 0.25) is 0 Å². The van der Waals surface area contributed by atoms with Crippen molar-refractivity contribution in [1.29, 1.82) is 0 Å². The molecule has 0 aromatic heterocycles. The maximum absolute atomic E-state index is 13.2. The Labute approximate surface area is 224 Å². The van der Waals surface area contributed by atoms with Gasteiger partial charge in [0.1, 0.15) is 10.8 Å². The molecular formula is C26H24Cl2FN3O3S. The van der Waals surface area contributed by atoms with Gasteiger partial charge >= 0.3 is 0 Å². The average molecular weight is 548 g/mol. The Morgan fingerprint density at radius 1 is 0.972 bits per heavy atom. The summed E-state index contributed by atoms with van der Waals surface area (Å²) >= 11 is 17.7. The zero-order chi connectivity index (χ0) is 25.7. The van der Waals surface area contributed by atoms with Crippen molar-refractivity contribution in [3.8, 4) is 11.5 Å². The van der Waals surface area contributed by atoms with Crippen LogP contribution in [0, 0.1) is 5.82 Å². The number of carbonyl (C=O) groups is 1. The van der Waals surface area contributed by atoms with Gasteiger partial charge in [0.15, 0.2) is 18.1 Å². The Kier molecular flexibility index (Phi) is 8.51. The van der Waals surface area contributed by atoms with E-state index < -0.39 is 0 Å². The van der Waals surface area contributed by atoms with Crippen molar-refractivity contribution in [2.45, 2.75) is 0 Å². The van der Waals surface area contributed by atoms with Crippen molar-refractivity contribution >= 4 is 57.7 Å². The lowest BCUT2D eigenvalue weighted by Gasteiger charge is -2.37. The molecule has 3 aromatic rings. The van der Waals surface area contributed by atoms with E-state index in [4.69, 9.17) is 44.9 Å². The van der Waals surface area contributed by atoms with E-state index in [2.05, 4.69) is 15.1 Å². The predicted molar refractivity (Wildman–Crippen MR) is 145 cm³/mol. The van der Waals surface area contributed by atoms with Crippen LogP contribution in [0.5, 0.6) is 11.5 Å². The van der Waals surface area contributed by atoms with Gasteiger partial charge in [-0.25, -0.2) is 4.39 Å². The summed E-state index contributed by atoms with van der Waals surface area (Å²) in [6.45, 7) is 2.80. The van der Waals surface area contributed by atoms with Gasteiger partial charge in [-0.05, 0) is 60.7 Å². The number of carbonyl (C=O) groups excluding carboxylic acids is 1. The number of anilines is 2. The fourth-order valence-corrected chi connectivity index (χ4v) is 4.72. The van der Waals surface area contributed by atoms with Crippen LogP contribution in [0.2, 0.25) is 10.0 Å². The van der Waals surface area contributed by atoms with E-state index in [1.807, 2.05) is 6.07 Å². The van der Waals surface area contributed by atoms with Crippen molar-refractivity contribution in [2.24, 2.45) is 0 Å². The Morgan fingerprint density at radius 2 is 1.64 bits per heavy atom. The monoisotopic (exact) mass is 547 g/mol. The van der Waals surface area contributed by atoms with Gasteiger partial charge in [0.25, 0.3) is 5.91 Å². The molecule has 1 N–H and O–H groups in total. The number of halogens is 3. The first-order valence-electron chi connectivity index (χ1n) is 11.2. The van der Waals surface area contributed by atoms with Gasteiger partial charge in [0.05, 0.1) is 7.11 Å². The molecule has 0 aliphatic carbocycles. The number of nitrogens with zero attached hydrogens (tertiary/aromatic N) is 2. The number of piperazine rings is 1. The van der Waals surface area contributed by atoms with Gasteiger partial charge in [-0.1, -0.05) is 35.4 Å². The third kappa shape index (κ3) is 6.57. The number of thiocarbonyl (C=S) groups is 1. The van der Waals surface area contributed by atoms with E-state index >= 15 is 0 Å². The van der Waals surface area contributed by atoms with Gasteiger partial charge in [-0.2, -0.15) is 0 Å². The van der Waals surface area contributed by atoms with E-state index in [-0.39, 0.29) is 18.3 Å². The topological polar surface area (TPSA) is 54.0 Å².